The predicted molar refractivity (Wildman–Crippen MR) is 94.8 cm³/mol. The molecule has 0 bridgehead atoms. The number of aromatic nitrogens is 2. The second-order valence-corrected chi connectivity index (χ2v) is 7.58. The summed E-state index contributed by atoms with van der Waals surface area (Å²) in [6, 6.07) is 9.67. The van der Waals surface area contributed by atoms with Gasteiger partial charge in [0.2, 0.25) is 5.13 Å². The Labute approximate surface area is 149 Å². The molecule has 1 fully saturated rings. The Morgan fingerprint density at radius 1 is 1.28 bits per heavy atom. The summed E-state index contributed by atoms with van der Waals surface area (Å²) < 4.78 is 0. The van der Waals surface area contributed by atoms with Crippen molar-refractivity contribution >= 4 is 28.5 Å². The van der Waals surface area contributed by atoms with Gasteiger partial charge in [0.1, 0.15) is 5.01 Å². The number of nitrogens with one attached hydrogen (secondary N) is 1. The summed E-state index contributed by atoms with van der Waals surface area (Å²) in [5.41, 5.74) is 0.803. The van der Waals surface area contributed by atoms with Gasteiger partial charge in [-0.15, -0.1) is 10.2 Å². The first-order valence-corrected chi connectivity index (χ1v) is 8.88. The Bertz CT molecular complexity index is 775. The molecule has 1 aromatic carbocycles. The van der Waals surface area contributed by atoms with Crippen LogP contribution in [0.1, 0.15) is 30.8 Å². The number of carboxylic acids is 1. The van der Waals surface area contributed by atoms with Gasteiger partial charge in [0.25, 0.3) is 0 Å². The fourth-order valence-corrected chi connectivity index (χ4v) is 3.68. The molecule has 0 saturated carbocycles. The van der Waals surface area contributed by atoms with E-state index in [0.29, 0.717) is 18.1 Å². The first kappa shape index (κ1) is 17.3. The molecular weight excluding hydrogens is 340 g/mol. The van der Waals surface area contributed by atoms with Gasteiger partial charge in [-0.25, -0.2) is 4.79 Å². The van der Waals surface area contributed by atoms with Crippen LogP contribution in [0.15, 0.2) is 30.3 Å². The molecule has 25 heavy (non-hydrogen) atoms. The molecule has 3 rings (SSSR count). The Hall–Kier alpha value is -2.48. The Morgan fingerprint density at radius 2 is 2.00 bits per heavy atom. The van der Waals surface area contributed by atoms with E-state index in [9.17, 15) is 9.59 Å². The molecular formula is C17H20N4O3S. The molecule has 2 amide bonds. The minimum Gasteiger partial charge on any atom is -0.481 e. The minimum atomic E-state index is -0.863. The summed E-state index contributed by atoms with van der Waals surface area (Å²) in [5.74, 6) is -1.36. The number of amides is 2. The molecule has 2 N–H and O–H groups in total. The van der Waals surface area contributed by atoms with Crippen LogP contribution in [0.4, 0.5) is 9.93 Å². The number of anilines is 1. The Morgan fingerprint density at radius 3 is 2.64 bits per heavy atom. The number of urea groups is 1. The maximum absolute atomic E-state index is 12.3. The highest BCUT2D eigenvalue weighted by molar-refractivity contribution is 7.15. The second-order valence-electron chi connectivity index (χ2n) is 6.60. The number of likely N-dealkylation sites (tertiary alicyclic amines) is 1. The van der Waals surface area contributed by atoms with Gasteiger partial charge in [-0.3, -0.25) is 10.1 Å². The summed E-state index contributed by atoms with van der Waals surface area (Å²) in [6.45, 7) is 4.78. The van der Waals surface area contributed by atoms with Crippen LogP contribution in [-0.2, 0) is 10.2 Å². The fraction of sp³-hybridized carbons (Fsp3) is 0.412. The average molecular weight is 360 g/mol. The maximum atomic E-state index is 12.3. The number of carboxylic acid groups (broad SMARTS) is 1. The van der Waals surface area contributed by atoms with Gasteiger partial charge in [-0.05, 0) is 25.8 Å². The third-order valence-electron chi connectivity index (χ3n) is 4.49. The number of aliphatic carboxylic acids is 1. The van der Waals surface area contributed by atoms with E-state index in [1.54, 1.807) is 0 Å². The standard InChI is InChI=1S/C17H20N4O3S/c1-17(2,12-6-4-3-5-7-12)14-19-20-15(25-14)18-16(24)21-9-8-11(10-21)13(22)23/h3-7,11H,8-10H2,1-2H3,(H,22,23)(H,18,20,24). The monoisotopic (exact) mass is 360 g/mol. The lowest BCUT2D eigenvalue weighted by Gasteiger charge is -2.21. The van der Waals surface area contributed by atoms with Crippen LogP contribution in [0.3, 0.4) is 0 Å². The van der Waals surface area contributed by atoms with Crippen molar-refractivity contribution in [3.63, 3.8) is 0 Å². The molecule has 1 saturated heterocycles. The van der Waals surface area contributed by atoms with Gasteiger partial charge in [0, 0.05) is 18.5 Å². The molecule has 8 heteroatoms. The molecule has 2 heterocycles. The molecule has 0 spiro atoms. The summed E-state index contributed by atoms with van der Waals surface area (Å²) in [5, 5.41) is 21.3. The van der Waals surface area contributed by atoms with Gasteiger partial charge in [-0.2, -0.15) is 0 Å². The number of benzene rings is 1. The molecule has 2 aromatic rings. The zero-order chi connectivity index (χ0) is 18.0. The van der Waals surface area contributed by atoms with E-state index in [4.69, 9.17) is 5.11 Å². The average Bonchev–Trinajstić information content (AvgIpc) is 3.25. The van der Waals surface area contributed by atoms with E-state index >= 15 is 0 Å². The van der Waals surface area contributed by atoms with Crippen LogP contribution in [0.2, 0.25) is 0 Å². The zero-order valence-electron chi connectivity index (χ0n) is 14.1. The van der Waals surface area contributed by atoms with Gasteiger partial charge >= 0.3 is 12.0 Å². The highest BCUT2D eigenvalue weighted by Crippen LogP contribution is 2.34. The highest BCUT2D eigenvalue weighted by atomic mass is 32.1. The number of carbonyl (C=O) groups excluding carboxylic acids is 1. The number of nitrogens with zero attached hydrogens (tertiary/aromatic N) is 3. The van der Waals surface area contributed by atoms with E-state index in [2.05, 4.69) is 29.4 Å². The minimum absolute atomic E-state index is 0.225. The lowest BCUT2D eigenvalue weighted by molar-refractivity contribution is -0.141. The van der Waals surface area contributed by atoms with E-state index in [1.807, 2.05) is 30.3 Å². The van der Waals surface area contributed by atoms with E-state index in [1.165, 1.54) is 16.2 Å². The summed E-state index contributed by atoms with van der Waals surface area (Å²) in [6.07, 6.45) is 0.477. The molecule has 7 nitrogen and oxygen atoms in total. The number of hydrogen-bond acceptors (Lipinski definition) is 5. The van der Waals surface area contributed by atoms with Crippen molar-refractivity contribution in [1.82, 2.24) is 15.1 Å². The topological polar surface area (TPSA) is 95.4 Å². The van der Waals surface area contributed by atoms with Crippen LogP contribution in [0.5, 0.6) is 0 Å². The summed E-state index contributed by atoms with van der Waals surface area (Å²) in [4.78, 5) is 24.8. The lowest BCUT2D eigenvalue weighted by atomic mass is 9.85. The fourth-order valence-electron chi connectivity index (χ4n) is 2.82. The van der Waals surface area contributed by atoms with Gasteiger partial charge in [0.15, 0.2) is 0 Å². The summed E-state index contributed by atoms with van der Waals surface area (Å²) >= 11 is 1.33. The maximum Gasteiger partial charge on any atom is 0.323 e. The van der Waals surface area contributed by atoms with Crippen molar-refractivity contribution in [2.45, 2.75) is 25.7 Å². The molecule has 0 radical (unpaired) electrons. The van der Waals surface area contributed by atoms with Crippen LogP contribution in [-0.4, -0.2) is 45.3 Å². The molecule has 0 aliphatic carbocycles. The zero-order valence-corrected chi connectivity index (χ0v) is 14.9. The molecule has 1 aromatic heterocycles. The number of rotatable bonds is 4. The van der Waals surface area contributed by atoms with Crippen LogP contribution in [0, 0.1) is 5.92 Å². The van der Waals surface area contributed by atoms with Crippen molar-refractivity contribution in [3.05, 3.63) is 40.9 Å². The SMILES string of the molecule is CC(C)(c1ccccc1)c1nnc(NC(=O)N2CCC(C(=O)O)C2)s1. The first-order chi connectivity index (χ1) is 11.9. The number of hydrogen-bond donors (Lipinski definition) is 2. The largest absolute Gasteiger partial charge is 0.481 e. The molecule has 1 unspecified atom stereocenters. The van der Waals surface area contributed by atoms with Gasteiger partial charge in [0.05, 0.1) is 5.92 Å². The quantitative estimate of drug-likeness (QED) is 0.874. The van der Waals surface area contributed by atoms with Crippen molar-refractivity contribution < 1.29 is 14.7 Å². The van der Waals surface area contributed by atoms with E-state index in [0.717, 1.165) is 10.6 Å². The third kappa shape index (κ3) is 3.63. The molecule has 132 valence electrons. The highest BCUT2D eigenvalue weighted by Gasteiger charge is 2.32. The Kier molecular flexibility index (Phi) is 4.71. The van der Waals surface area contributed by atoms with Crippen molar-refractivity contribution in [3.8, 4) is 0 Å². The van der Waals surface area contributed by atoms with Crippen LogP contribution < -0.4 is 5.32 Å². The second kappa shape index (κ2) is 6.79. The van der Waals surface area contributed by atoms with E-state index < -0.39 is 11.9 Å². The predicted octanol–water partition coefficient (Wildman–Crippen LogP) is 2.80. The normalized spacial score (nSPS) is 17.5. The smallest absolute Gasteiger partial charge is 0.323 e. The molecule has 1 aliphatic rings. The molecule has 1 aliphatic heterocycles. The Balaban J connectivity index is 1.68. The van der Waals surface area contributed by atoms with Gasteiger partial charge < -0.3 is 10.0 Å². The first-order valence-electron chi connectivity index (χ1n) is 8.06. The van der Waals surface area contributed by atoms with Crippen molar-refractivity contribution in [2.24, 2.45) is 5.92 Å². The van der Waals surface area contributed by atoms with Crippen LogP contribution >= 0.6 is 11.3 Å². The van der Waals surface area contributed by atoms with Crippen LogP contribution in [0.25, 0.3) is 0 Å². The van der Waals surface area contributed by atoms with Gasteiger partial charge in [-0.1, -0.05) is 41.7 Å². The van der Waals surface area contributed by atoms with Crippen molar-refractivity contribution in [2.75, 3.05) is 18.4 Å². The van der Waals surface area contributed by atoms with Crippen molar-refractivity contribution in [1.29, 1.82) is 0 Å². The summed E-state index contributed by atoms with van der Waals surface area (Å²) in [7, 11) is 0. The lowest BCUT2D eigenvalue weighted by Crippen LogP contribution is -2.33. The van der Waals surface area contributed by atoms with E-state index in [-0.39, 0.29) is 18.0 Å². The molecule has 1 atom stereocenters. The number of carbonyl (C=O) groups is 2. The third-order valence-corrected chi connectivity index (χ3v) is 5.66.